The number of nitrogens with one attached hydrogen (secondary N) is 1. The van der Waals surface area contributed by atoms with E-state index >= 15 is 0 Å². The molecule has 3 aromatic carbocycles. The molecule has 0 atom stereocenters. The van der Waals surface area contributed by atoms with Gasteiger partial charge in [0.2, 0.25) is 5.91 Å². The lowest BCUT2D eigenvalue weighted by Gasteiger charge is -2.23. The van der Waals surface area contributed by atoms with Crippen molar-refractivity contribution in [1.82, 2.24) is 5.32 Å². The lowest BCUT2D eigenvalue weighted by Crippen LogP contribution is -2.35. The van der Waals surface area contributed by atoms with Gasteiger partial charge >= 0.3 is 10.1 Å². The Hall–Kier alpha value is -3.12. The Morgan fingerprint density at radius 1 is 0.711 bits per heavy atom. The van der Waals surface area contributed by atoms with Crippen LogP contribution >= 0.6 is 0 Å². The van der Waals surface area contributed by atoms with Crippen LogP contribution in [0.1, 0.15) is 107 Å². The van der Waals surface area contributed by atoms with Crippen LogP contribution < -0.4 is 9.50 Å². The Bertz CT molecular complexity index is 1200. The van der Waals surface area contributed by atoms with E-state index in [0.29, 0.717) is 11.7 Å². The summed E-state index contributed by atoms with van der Waals surface area (Å²) in [5.41, 5.74) is 4.53. The van der Waals surface area contributed by atoms with Crippen molar-refractivity contribution in [1.29, 1.82) is 0 Å². The minimum atomic E-state index is -4.20. The van der Waals surface area contributed by atoms with Gasteiger partial charge in [-0.1, -0.05) is 128 Å². The number of benzene rings is 3. The number of rotatable bonds is 10. The molecule has 3 aromatic rings. The zero-order valence-corrected chi connectivity index (χ0v) is 24.8. The average molecular weight is 538 g/mol. The number of carbonyl (C=O) groups is 1. The number of carbonyl (C=O) groups excluding carboxylic acids is 1. The van der Waals surface area contributed by atoms with Gasteiger partial charge in [0.1, 0.15) is 5.75 Å². The van der Waals surface area contributed by atoms with Gasteiger partial charge in [-0.3, -0.25) is 4.79 Å². The Balaban J connectivity index is 0.00000247. The van der Waals surface area contributed by atoms with E-state index in [9.17, 15) is 13.2 Å². The van der Waals surface area contributed by atoms with Crippen LogP contribution in [0.5, 0.6) is 5.75 Å². The molecule has 0 unspecified atom stereocenters. The largest absolute Gasteiger partial charge is 0.381 e. The first kappa shape index (κ1) is 31.1. The maximum atomic E-state index is 13.2. The minimum absolute atomic E-state index is 0.0563. The Kier molecular flexibility index (Phi) is 11.6. The summed E-state index contributed by atoms with van der Waals surface area (Å²) < 4.78 is 32.0. The molecule has 0 saturated carbocycles. The molecule has 0 bridgehead atoms. The molecule has 0 aliphatic rings. The molecule has 1 N–H and O–H groups in total. The fourth-order valence-electron chi connectivity index (χ4n) is 4.16. The molecule has 0 heterocycles. The highest BCUT2D eigenvalue weighted by Crippen LogP contribution is 2.38. The molecule has 38 heavy (non-hydrogen) atoms. The van der Waals surface area contributed by atoms with Gasteiger partial charge in [0.25, 0.3) is 0 Å². The molecule has 0 saturated heterocycles. The quantitative estimate of drug-likeness (QED) is 0.269. The van der Waals surface area contributed by atoms with E-state index in [1.54, 1.807) is 0 Å². The van der Waals surface area contributed by atoms with Crippen molar-refractivity contribution in [2.75, 3.05) is 5.75 Å². The topological polar surface area (TPSA) is 72.5 Å². The van der Waals surface area contributed by atoms with Crippen molar-refractivity contribution in [3.63, 3.8) is 0 Å². The predicted molar refractivity (Wildman–Crippen MR) is 157 cm³/mol. The summed E-state index contributed by atoms with van der Waals surface area (Å²) in [6.45, 7) is 16.3. The fourth-order valence-corrected chi connectivity index (χ4v) is 5.07. The average Bonchev–Trinajstić information content (AvgIpc) is 2.88. The molecular weight excluding hydrogens is 494 g/mol. The summed E-state index contributed by atoms with van der Waals surface area (Å²) in [7, 11) is -4.20. The summed E-state index contributed by atoms with van der Waals surface area (Å²) in [6.07, 6.45) is 0. The maximum absolute atomic E-state index is 13.2. The number of hydrogen-bond acceptors (Lipinski definition) is 4. The summed E-state index contributed by atoms with van der Waals surface area (Å²) in [4.78, 5) is 13.0. The second-order valence-corrected chi connectivity index (χ2v) is 11.7. The molecule has 0 aliphatic heterocycles. The Morgan fingerprint density at radius 2 is 1.13 bits per heavy atom. The minimum Gasteiger partial charge on any atom is -0.381 e. The van der Waals surface area contributed by atoms with Gasteiger partial charge in [0, 0.05) is 0 Å². The van der Waals surface area contributed by atoms with Gasteiger partial charge in [0.05, 0.1) is 6.04 Å². The van der Waals surface area contributed by atoms with Gasteiger partial charge in [0.15, 0.2) is 5.75 Å². The molecule has 6 heteroatoms. The van der Waals surface area contributed by atoms with Crippen LogP contribution in [0.4, 0.5) is 0 Å². The molecule has 0 aromatic heterocycles. The van der Waals surface area contributed by atoms with Crippen LogP contribution in [-0.2, 0) is 14.9 Å². The molecule has 0 fully saturated rings. The lowest BCUT2D eigenvalue weighted by molar-refractivity contribution is -0.119. The first-order valence-corrected chi connectivity index (χ1v) is 15.1. The molecule has 0 aliphatic carbocycles. The molecular formula is C32H43NO4S. The predicted octanol–water partition coefficient (Wildman–Crippen LogP) is 7.70. The third-order valence-electron chi connectivity index (χ3n) is 6.17. The maximum Gasteiger partial charge on any atom is 0.318 e. The normalized spacial score (nSPS) is 11.5. The molecule has 206 valence electrons. The van der Waals surface area contributed by atoms with Crippen molar-refractivity contribution in [3.05, 3.63) is 101 Å². The molecule has 3 rings (SSSR count). The molecule has 0 radical (unpaired) electrons. The van der Waals surface area contributed by atoms with E-state index in [1.165, 1.54) is 0 Å². The molecule has 5 nitrogen and oxygen atoms in total. The monoisotopic (exact) mass is 537 g/mol. The third kappa shape index (κ3) is 8.45. The van der Waals surface area contributed by atoms with Crippen molar-refractivity contribution in [2.45, 2.75) is 79.2 Å². The zero-order valence-electron chi connectivity index (χ0n) is 24.0. The molecule has 0 spiro atoms. The second-order valence-electron chi connectivity index (χ2n) is 10.1. The van der Waals surface area contributed by atoms with Crippen molar-refractivity contribution in [3.8, 4) is 5.75 Å². The van der Waals surface area contributed by atoms with E-state index in [4.69, 9.17) is 4.18 Å². The van der Waals surface area contributed by atoms with Crippen molar-refractivity contribution in [2.24, 2.45) is 0 Å². The second kappa shape index (κ2) is 14.1. The first-order valence-electron chi connectivity index (χ1n) is 13.5. The first-order chi connectivity index (χ1) is 18.0. The highest BCUT2D eigenvalue weighted by Gasteiger charge is 2.27. The third-order valence-corrected chi connectivity index (χ3v) is 7.21. The van der Waals surface area contributed by atoms with Gasteiger partial charge in [-0.25, -0.2) is 0 Å². The van der Waals surface area contributed by atoms with E-state index in [2.05, 4.69) is 19.2 Å². The highest BCUT2D eigenvalue weighted by molar-refractivity contribution is 7.87. The van der Waals surface area contributed by atoms with Gasteiger partial charge in [-0.15, -0.1) is 0 Å². The van der Waals surface area contributed by atoms with Gasteiger partial charge in [-0.05, 0) is 45.6 Å². The molecule has 1 amide bonds. The summed E-state index contributed by atoms with van der Waals surface area (Å²) in [6, 6.07) is 22.5. The highest BCUT2D eigenvalue weighted by atomic mass is 32.2. The number of hydrogen-bond donors (Lipinski definition) is 1. The van der Waals surface area contributed by atoms with E-state index < -0.39 is 27.8 Å². The summed E-state index contributed by atoms with van der Waals surface area (Å²) in [5, 5.41) is 2.89. The standard InChI is InChI=1S/C30H37NO4S.C2H6/c1-20(2)25-17-26(21(3)4)30(27(18-25)22(5)6)35-36(33,34)19-28(32)31-29(23-13-9-7-10-14-23)24-15-11-8-12-16-24;1-2/h7-18,20-22,29H,19H2,1-6H3,(H,31,32);1-2H3. The van der Waals surface area contributed by atoms with Crippen LogP contribution in [0, 0.1) is 0 Å². The van der Waals surface area contributed by atoms with E-state index in [-0.39, 0.29) is 11.8 Å². The Morgan fingerprint density at radius 3 is 1.50 bits per heavy atom. The zero-order chi connectivity index (χ0) is 28.5. The van der Waals surface area contributed by atoms with Crippen LogP contribution in [0.3, 0.4) is 0 Å². The smallest absolute Gasteiger partial charge is 0.318 e. The summed E-state index contributed by atoms with van der Waals surface area (Å²) >= 11 is 0. The van der Waals surface area contributed by atoms with Crippen LogP contribution in [0.25, 0.3) is 0 Å². The van der Waals surface area contributed by atoms with Gasteiger partial charge in [-0.2, -0.15) is 8.42 Å². The Labute approximate surface area is 229 Å². The van der Waals surface area contributed by atoms with Gasteiger partial charge < -0.3 is 9.50 Å². The summed E-state index contributed by atoms with van der Waals surface area (Å²) in [5.74, 6) is -0.640. The van der Waals surface area contributed by atoms with Crippen molar-refractivity contribution < 1.29 is 17.4 Å². The van der Waals surface area contributed by atoms with E-state index in [0.717, 1.165) is 27.8 Å². The van der Waals surface area contributed by atoms with E-state index in [1.807, 2.05) is 114 Å². The lowest BCUT2D eigenvalue weighted by atomic mass is 9.88. The van der Waals surface area contributed by atoms with Crippen LogP contribution in [0.2, 0.25) is 0 Å². The van der Waals surface area contributed by atoms with Crippen LogP contribution in [0.15, 0.2) is 72.8 Å². The van der Waals surface area contributed by atoms with Crippen LogP contribution in [-0.4, -0.2) is 20.1 Å². The van der Waals surface area contributed by atoms with Crippen molar-refractivity contribution >= 4 is 16.0 Å². The fraction of sp³-hybridized carbons (Fsp3) is 0.406. The number of amides is 1. The SMILES string of the molecule is CC.CC(C)c1cc(C(C)C)c(OS(=O)(=O)CC(=O)NC(c2ccccc2)c2ccccc2)c(C(C)C)c1.